The summed E-state index contributed by atoms with van der Waals surface area (Å²) >= 11 is 0. The summed E-state index contributed by atoms with van der Waals surface area (Å²) in [6.45, 7) is 0. The smallest absolute Gasteiger partial charge is 0.0119 e. The molecule has 3 fully saturated rings. The Balaban J connectivity index is 1.50. The van der Waals surface area contributed by atoms with Gasteiger partial charge in [-0.1, -0.05) is 54.6 Å². The molecule has 4 aliphatic rings. The number of benzene rings is 2. The number of rotatable bonds is 1. The van der Waals surface area contributed by atoms with Crippen molar-refractivity contribution in [3.63, 3.8) is 0 Å². The van der Waals surface area contributed by atoms with Crippen molar-refractivity contribution in [3.05, 3.63) is 60.2 Å². The summed E-state index contributed by atoms with van der Waals surface area (Å²) in [4.78, 5) is 0. The van der Waals surface area contributed by atoms with E-state index >= 15 is 0 Å². The average Bonchev–Trinajstić information content (AvgIpc) is 3.10. The number of fused-ring (bicyclic) bond motifs is 2. The van der Waals surface area contributed by atoms with E-state index in [0.29, 0.717) is 5.41 Å². The highest BCUT2D eigenvalue weighted by molar-refractivity contribution is 5.86. The van der Waals surface area contributed by atoms with Gasteiger partial charge in [-0.25, -0.2) is 0 Å². The van der Waals surface area contributed by atoms with E-state index in [1.807, 2.05) is 0 Å². The summed E-state index contributed by atoms with van der Waals surface area (Å²) < 4.78 is 0. The summed E-state index contributed by atoms with van der Waals surface area (Å²) in [5.74, 6) is 4.72. The zero-order chi connectivity index (χ0) is 14.3. The largest absolute Gasteiger partial charge is 0.0879 e. The molecule has 0 amide bonds. The van der Waals surface area contributed by atoms with Gasteiger partial charge < -0.3 is 0 Å². The van der Waals surface area contributed by atoms with Crippen LogP contribution in [0, 0.1) is 29.1 Å². The third-order valence-corrected chi connectivity index (χ3v) is 7.66. The first-order chi connectivity index (χ1) is 10.9. The Morgan fingerprint density at radius 2 is 1.82 bits per heavy atom. The second kappa shape index (κ2) is 3.85. The van der Waals surface area contributed by atoms with Crippen LogP contribution in [-0.2, 0) is 0 Å². The van der Waals surface area contributed by atoms with Gasteiger partial charge in [0, 0.05) is 0 Å². The standard InChI is InChI=1S/C22H22/c1-2-8-16-14(5-1)6-3-9-17(16)18-12-22-11-15-7-4-10-20(22)21(15)19(18)13-22/h1-9,15,18-21H,10-13H2. The minimum Gasteiger partial charge on any atom is -0.0879 e. The van der Waals surface area contributed by atoms with Gasteiger partial charge in [-0.15, -0.1) is 0 Å². The van der Waals surface area contributed by atoms with Crippen molar-refractivity contribution in [1.29, 1.82) is 0 Å². The first-order valence-electron chi connectivity index (χ1n) is 9.00. The van der Waals surface area contributed by atoms with Crippen LogP contribution in [0.15, 0.2) is 54.6 Å². The quantitative estimate of drug-likeness (QED) is 0.603. The van der Waals surface area contributed by atoms with Crippen LogP contribution in [0.1, 0.15) is 37.2 Å². The first kappa shape index (κ1) is 11.9. The molecule has 6 unspecified atom stereocenters. The Labute approximate surface area is 132 Å². The normalized spacial score (nSPS) is 44.1. The summed E-state index contributed by atoms with van der Waals surface area (Å²) in [7, 11) is 0. The Morgan fingerprint density at radius 3 is 2.82 bits per heavy atom. The molecule has 2 aromatic carbocycles. The van der Waals surface area contributed by atoms with Crippen LogP contribution < -0.4 is 0 Å². The highest BCUT2D eigenvalue weighted by atomic mass is 14.7. The fourth-order valence-corrected chi connectivity index (χ4v) is 7.16. The maximum absolute atomic E-state index is 2.57. The molecule has 2 aromatic rings. The molecular weight excluding hydrogens is 264 g/mol. The second-order valence-electron chi connectivity index (χ2n) is 8.33. The summed E-state index contributed by atoms with van der Waals surface area (Å²) in [6, 6.07) is 16.0. The number of allylic oxidation sites excluding steroid dienone is 2. The second-order valence-corrected chi connectivity index (χ2v) is 8.33. The Bertz CT molecular complexity index is 795. The lowest BCUT2D eigenvalue weighted by Gasteiger charge is -2.37. The van der Waals surface area contributed by atoms with Gasteiger partial charge in [-0.2, -0.15) is 0 Å². The predicted octanol–water partition coefficient (Wildman–Crippen LogP) is 5.55. The van der Waals surface area contributed by atoms with E-state index in [1.54, 1.807) is 5.56 Å². The fourth-order valence-electron chi connectivity index (χ4n) is 7.16. The van der Waals surface area contributed by atoms with Gasteiger partial charge in [0.05, 0.1) is 0 Å². The number of hydrogen-bond donors (Lipinski definition) is 0. The molecule has 6 atom stereocenters. The molecule has 0 aromatic heterocycles. The van der Waals surface area contributed by atoms with Gasteiger partial charge >= 0.3 is 0 Å². The lowest BCUT2D eigenvalue weighted by molar-refractivity contribution is 0.182. The zero-order valence-electron chi connectivity index (χ0n) is 12.9. The Kier molecular flexibility index (Phi) is 2.09. The van der Waals surface area contributed by atoms with Gasteiger partial charge in [0.1, 0.15) is 0 Å². The Morgan fingerprint density at radius 1 is 0.909 bits per heavy atom. The molecule has 0 heterocycles. The van der Waals surface area contributed by atoms with Gasteiger partial charge in [-0.3, -0.25) is 0 Å². The molecule has 0 heteroatoms. The van der Waals surface area contributed by atoms with Crippen LogP contribution in [-0.4, -0.2) is 0 Å². The van der Waals surface area contributed by atoms with Crippen molar-refractivity contribution < 1.29 is 0 Å². The molecule has 110 valence electrons. The zero-order valence-corrected chi connectivity index (χ0v) is 12.9. The first-order valence-corrected chi connectivity index (χ1v) is 9.00. The SMILES string of the molecule is C1=CC2CC34CC(c5cccc6ccccc56)C(C3)C2C4C1. The third kappa shape index (κ3) is 1.27. The van der Waals surface area contributed by atoms with Crippen molar-refractivity contribution >= 4 is 10.8 Å². The number of hydrogen-bond acceptors (Lipinski definition) is 0. The van der Waals surface area contributed by atoms with Gasteiger partial charge in [0.25, 0.3) is 0 Å². The molecule has 22 heavy (non-hydrogen) atoms. The van der Waals surface area contributed by atoms with E-state index < -0.39 is 0 Å². The molecule has 0 N–H and O–H groups in total. The maximum Gasteiger partial charge on any atom is -0.0119 e. The monoisotopic (exact) mass is 286 g/mol. The molecule has 0 saturated heterocycles. The van der Waals surface area contributed by atoms with E-state index in [4.69, 9.17) is 0 Å². The van der Waals surface area contributed by atoms with E-state index in [-0.39, 0.29) is 0 Å². The third-order valence-electron chi connectivity index (χ3n) is 7.66. The van der Waals surface area contributed by atoms with Crippen LogP contribution >= 0.6 is 0 Å². The molecule has 0 radical (unpaired) electrons. The van der Waals surface area contributed by atoms with Crippen molar-refractivity contribution in [2.75, 3.05) is 0 Å². The lowest BCUT2D eigenvalue weighted by Crippen LogP contribution is -2.29. The van der Waals surface area contributed by atoms with Crippen molar-refractivity contribution in [3.8, 4) is 0 Å². The molecular formula is C22H22. The van der Waals surface area contributed by atoms with Crippen molar-refractivity contribution in [2.45, 2.75) is 31.6 Å². The van der Waals surface area contributed by atoms with Crippen molar-refractivity contribution in [1.82, 2.24) is 0 Å². The minimum atomic E-state index is 0.700. The average molecular weight is 286 g/mol. The molecule has 3 saturated carbocycles. The molecule has 5 bridgehead atoms. The maximum atomic E-state index is 2.57. The summed E-state index contributed by atoms with van der Waals surface area (Å²) in [5, 5.41) is 2.94. The molecule has 6 rings (SSSR count). The minimum absolute atomic E-state index is 0.700. The van der Waals surface area contributed by atoms with E-state index in [2.05, 4.69) is 54.6 Å². The topological polar surface area (TPSA) is 0 Å². The highest BCUT2D eigenvalue weighted by Crippen LogP contribution is 2.76. The lowest BCUT2D eigenvalue weighted by atomic mass is 9.67. The summed E-state index contributed by atoms with van der Waals surface area (Å²) in [6.07, 6.45) is 10.9. The van der Waals surface area contributed by atoms with Gasteiger partial charge in [-0.05, 0) is 77.0 Å². The summed E-state index contributed by atoms with van der Waals surface area (Å²) in [5.41, 5.74) is 2.35. The molecule has 1 spiro atoms. The molecule has 0 aliphatic heterocycles. The van der Waals surface area contributed by atoms with E-state index in [9.17, 15) is 0 Å². The highest BCUT2D eigenvalue weighted by Gasteiger charge is 2.68. The van der Waals surface area contributed by atoms with E-state index in [0.717, 1.165) is 29.6 Å². The van der Waals surface area contributed by atoms with Crippen LogP contribution in [0.3, 0.4) is 0 Å². The van der Waals surface area contributed by atoms with Crippen LogP contribution in [0.5, 0.6) is 0 Å². The van der Waals surface area contributed by atoms with Crippen molar-refractivity contribution in [2.24, 2.45) is 29.1 Å². The van der Waals surface area contributed by atoms with Gasteiger partial charge in [0.2, 0.25) is 0 Å². The van der Waals surface area contributed by atoms with Crippen LogP contribution in [0.4, 0.5) is 0 Å². The predicted molar refractivity (Wildman–Crippen MR) is 90.7 cm³/mol. The fraction of sp³-hybridized carbons (Fsp3) is 0.455. The molecule has 0 nitrogen and oxygen atoms in total. The Hall–Kier alpha value is -1.56. The van der Waals surface area contributed by atoms with Crippen LogP contribution in [0.25, 0.3) is 10.8 Å². The van der Waals surface area contributed by atoms with E-state index in [1.165, 1.54) is 36.5 Å². The molecule has 4 aliphatic carbocycles. The van der Waals surface area contributed by atoms with Crippen LogP contribution in [0.2, 0.25) is 0 Å². The van der Waals surface area contributed by atoms with Gasteiger partial charge in [0.15, 0.2) is 0 Å².